The van der Waals surface area contributed by atoms with E-state index in [1.54, 1.807) is 0 Å². The van der Waals surface area contributed by atoms with E-state index in [0.717, 1.165) is 70.1 Å². The van der Waals surface area contributed by atoms with Crippen LogP contribution in [-0.4, -0.2) is 148 Å². The summed E-state index contributed by atoms with van der Waals surface area (Å²) in [6, 6.07) is 7.60. The highest BCUT2D eigenvalue weighted by Gasteiger charge is 2.65. The van der Waals surface area contributed by atoms with Gasteiger partial charge in [-0.25, -0.2) is 0 Å². The smallest absolute Gasteiger partial charge is 0.317 e. The van der Waals surface area contributed by atoms with Gasteiger partial charge in [-0.1, -0.05) is 32.9 Å². The number of rotatable bonds is 14. The molecule has 1 aromatic carbocycles. The number of fused-ring (bicyclic) bond motifs is 5. The van der Waals surface area contributed by atoms with Crippen LogP contribution in [0.25, 0.3) is 0 Å². The zero-order chi connectivity index (χ0) is 41.1. The predicted molar refractivity (Wildman–Crippen MR) is 219 cm³/mol. The standard InChI is InChI=1S/C44H71N5O8/c1-28(34-10-11-35-42-36(24-38(52)44(34,35)3)43(2)14-13-33(50)22-30(43)23-37(42)51)5-12-39(53)46-31-8-6-29(7-9-31)21-32(45-25-40(54)55)26-48-17-15-47(4)16-18-49(20-19-48)27-41(56)57/h6-9,28,30,32-38,42,45,50-52H,5,10-27H2,1-4H3,(H,46,53)(H,54,55)(H,56,57)/t28?,30?,32?,33-,34?,35?,36?,37-,38+,42?,43+,44-/m1/s1. The molecule has 5 aliphatic rings. The summed E-state index contributed by atoms with van der Waals surface area (Å²) in [6.07, 6.45) is 6.52. The summed E-state index contributed by atoms with van der Waals surface area (Å²) in [5.41, 5.74) is 1.47. The maximum Gasteiger partial charge on any atom is 0.317 e. The van der Waals surface area contributed by atoms with E-state index in [-0.39, 0.29) is 71.6 Å². The average Bonchev–Trinajstić information content (AvgIpc) is 3.55. The Hall–Kier alpha value is -2.65. The fourth-order valence-electron chi connectivity index (χ4n) is 12.4. The number of aliphatic hydroxyl groups is 3. The lowest BCUT2D eigenvalue weighted by molar-refractivity contribution is -0.207. The van der Waals surface area contributed by atoms with Gasteiger partial charge in [-0.05, 0) is 129 Å². The first-order valence-electron chi connectivity index (χ1n) is 21.8. The van der Waals surface area contributed by atoms with Crippen LogP contribution in [0.4, 0.5) is 5.69 Å². The van der Waals surface area contributed by atoms with Crippen molar-refractivity contribution in [3.63, 3.8) is 0 Å². The van der Waals surface area contributed by atoms with Crippen LogP contribution < -0.4 is 10.6 Å². The summed E-state index contributed by atoms with van der Waals surface area (Å²) in [7, 11) is 2.03. The normalized spacial score (nSPS) is 36.4. The van der Waals surface area contributed by atoms with E-state index in [9.17, 15) is 39.9 Å². The Balaban J connectivity index is 1.01. The Morgan fingerprint density at radius 3 is 2.25 bits per heavy atom. The molecule has 1 aromatic rings. The minimum Gasteiger partial charge on any atom is -0.480 e. The van der Waals surface area contributed by atoms with Gasteiger partial charge >= 0.3 is 11.9 Å². The number of aliphatic hydroxyl groups excluding tert-OH is 3. The molecule has 57 heavy (non-hydrogen) atoms. The first-order chi connectivity index (χ1) is 27.1. The summed E-state index contributed by atoms with van der Waals surface area (Å²) in [5, 5.41) is 59.0. The highest BCUT2D eigenvalue weighted by Crippen LogP contribution is 2.68. The summed E-state index contributed by atoms with van der Waals surface area (Å²) < 4.78 is 0. The molecule has 1 aliphatic heterocycles. The van der Waals surface area contributed by atoms with Gasteiger partial charge in [0.15, 0.2) is 0 Å². The van der Waals surface area contributed by atoms with Crippen LogP contribution >= 0.6 is 0 Å². The third-order valence-corrected chi connectivity index (χ3v) is 15.8. The van der Waals surface area contributed by atoms with Crippen LogP contribution in [0.3, 0.4) is 0 Å². The lowest BCUT2D eigenvalue weighted by Crippen LogP contribution is -2.62. The highest BCUT2D eigenvalue weighted by atomic mass is 16.4. The molecule has 13 heteroatoms. The summed E-state index contributed by atoms with van der Waals surface area (Å²) in [6.45, 7) is 11.7. The zero-order valence-corrected chi connectivity index (χ0v) is 34.8. The fraction of sp³-hybridized carbons (Fsp3) is 0.795. The molecule has 7 N–H and O–H groups in total. The summed E-state index contributed by atoms with van der Waals surface area (Å²) >= 11 is 0. The van der Waals surface area contributed by atoms with Gasteiger partial charge in [-0.3, -0.25) is 24.2 Å². The Morgan fingerprint density at radius 1 is 0.860 bits per heavy atom. The lowest BCUT2D eigenvalue weighted by Gasteiger charge is -2.63. The maximum atomic E-state index is 13.3. The van der Waals surface area contributed by atoms with E-state index in [4.69, 9.17) is 0 Å². The molecule has 0 spiro atoms. The molecular formula is C44H71N5O8. The number of nitrogens with one attached hydrogen (secondary N) is 2. The van der Waals surface area contributed by atoms with Crippen molar-refractivity contribution in [2.45, 2.75) is 109 Å². The van der Waals surface area contributed by atoms with Gasteiger partial charge in [-0.15, -0.1) is 0 Å². The number of hydrogen-bond acceptors (Lipinski definition) is 10. The van der Waals surface area contributed by atoms with Gasteiger partial charge in [-0.2, -0.15) is 0 Å². The number of carboxylic acid groups (broad SMARTS) is 2. The van der Waals surface area contributed by atoms with Crippen LogP contribution in [0.5, 0.6) is 0 Å². The zero-order valence-electron chi connectivity index (χ0n) is 34.8. The molecule has 4 aliphatic carbocycles. The topological polar surface area (TPSA) is 186 Å². The summed E-state index contributed by atoms with van der Waals surface area (Å²) in [5.74, 6) is -0.326. The Bertz CT molecular complexity index is 1530. The summed E-state index contributed by atoms with van der Waals surface area (Å²) in [4.78, 5) is 42.6. The molecule has 0 bridgehead atoms. The molecule has 1 amide bonds. The van der Waals surface area contributed by atoms with Gasteiger partial charge in [0.2, 0.25) is 5.91 Å². The van der Waals surface area contributed by atoms with E-state index in [1.807, 2.05) is 36.2 Å². The molecule has 1 saturated heterocycles. The molecule has 7 unspecified atom stereocenters. The van der Waals surface area contributed by atoms with E-state index in [2.05, 4.69) is 41.2 Å². The quantitative estimate of drug-likeness (QED) is 0.146. The molecule has 6 rings (SSSR count). The Kier molecular flexibility index (Phi) is 14.4. The largest absolute Gasteiger partial charge is 0.480 e. The minimum absolute atomic E-state index is 0.00475. The van der Waals surface area contributed by atoms with E-state index >= 15 is 0 Å². The van der Waals surface area contributed by atoms with Crippen molar-refractivity contribution in [2.24, 2.45) is 46.3 Å². The Morgan fingerprint density at radius 2 is 1.54 bits per heavy atom. The third-order valence-electron chi connectivity index (χ3n) is 15.8. The number of hydrogen-bond donors (Lipinski definition) is 7. The van der Waals surface area contributed by atoms with Gasteiger partial charge < -0.3 is 41.1 Å². The Labute approximate surface area is 339 Å². The van der Waals surface area contributed by atoms with Crippen molar-refractivity contribution >= 4 is 23.5 Å². The molecule has 1 heterocycles. The van der Waals surface area contributed by atoms with Crippen molar-refractivity contribution < 1.29 is 39.9 Å². The molecular weight excluding hydrogens is 727 g/mol. The number of carboxylic acids is 2. The first kappa shape index (κ1) is 43.9. The van der Waals surface area contributed by atoms with Crippen LogP contribution in [-0.2, 0) is 20.8 Å². The number of carbonyl (C=O) groups is 3. The molecule has 320 valence electrons. The van der Waals surface area contributed by atoms with Crippen molar-refractivity contribution in [1.82, 2.24) is 20.0 Å². The minimum atomic E-state index is -0.924. The van der Waals surface area contributed by atoms with Gasteiger partial charge in [0, 0.05) is 64.0 Å². The van der Waals surface area contributed by atoms with Crippen LogP contribution in [0.2, 0.25) is 0 Å². The van der Waals surface area contributed by atoms with Crippen LogP contribution in [0, 0.1) is 46.3 Å². The van der Waals surface area contributed by atoms with Gasteiger partial charge in [0.1, 0.15) is 0 Å². The van der Waals surface area contributed by atoms with E-state index in [1.165, 1.54) is 0 Å². The third kappa shape index (κ3) is 10.2. The second kappa shape index (κ2) is 18.7. The highest BCUT2D eigenvalue weighted by molar-refractivity contribution is 5.90. The van der Waals surface area contributed by atoms with Crippen molar-refractivity contribution in [2.75, 3.05) is 71.3 Å². The number of aliphatic carboxylic acids is 2. The molecule has 0 radical (unpaired) electrons. The number of anilines is 1. The van der Waals surface area contributed by atoms with Crippen LogP contribution in [0.15, 0.2) is 24.3 Å². The number of nitrogens with zero attached hydrogens (tertiary/aromatic N) is 3. The number of likely N-dealkylation sites (N-methyl/N-ethyl adjacent to an activating group) is 1. The second-order valence-corrected chi connectivity index (χ2v) is 19.2. The van der Waals surface area contributed by atoms with Crippen LogP contribution in [0.1, 0.15) is 84.1 Å². The second-order valence-electron chi connectivity index (χ2n) is 19.2. The first-order valence-corrected chi connectivity index (χ1v) is 21.8. The van der Waals surface area contributed by atoms with E-state index in [0.29, 0.717) is 57.0 Å². The molecule has 0 aromatic heterocycles. The SMILES string of the molecule is CC(CCC(=O)Nc1ccc(CC(CN2CCN(C)CCN(CC(=O)O)CC2)NCC(=O)O)cc1)C1CCC2C3C(C[C@H](O)[C@]12C)[C@@]1(C)CC[C@@H](O)CC1C[C@H]3O. The predicted octanol–water partition coefficient (Wildman–Crippen LogP) is 3.22. The van der Waals surface area contributed by atoms with Crippen molar-refractivity contribution in [3.8, 4) is 0 Å². The molecule has 12 atom stereocenters. The fourth-order valence-corrected chi connectivity index (χ4v) is 12.4. The van der Waals surface area contributed by atoms with Crippen molar-refractivity contribution in [3.05, 3.63) is 29.8 Å². The number of amides is 1. The molecule has 4 saturated carbocycles. The molecule has 13 nitrogen and oxygen atoms in total. The van der Waals surface area contributed by atoms with Gasteiger partial charge in [0.25, 0.3) is 0 Å². The van der Waals surface area contributed by atoms with Crippen molar-refractivity contribution in [1.29, 1.82) is 0 Å². The maximum absolute atomic E-state index is 13.3. The molecule has 5 fully saturated rings. The number of benzene rings is 1. The monoisotopic (exact) mass is 798 g/mol. The van der Waals surface area contributed by atoms with Gasteiger partial charge in [0.05, 0.1) is 31.4 Å². The lowest BCUT2D eigenvalue weighted by atomic mass is 9.43. The van der Waals surface area contributed by atoms with E-state index < -0.39 is 24.1 Å². The average molecular weight is 798 g/mol. The number of carbonyl (C=O) groups excluding carboxylic acids is 1.